The minimum absolute atomic E-state index is 0.0152. The van der Waals surface area contributed by atoms with Crippen molar-refractivity contribution in [1.82, 2.24) is 0 Å². The van der Waals surface area contributed by atoms with Crippen LogP contribution in [0, 0.1) is 0 Å². The number of aldehydes is 1. The molecule has 0 aliphatic carbocycles. The Bertz CT molecular complexity index is 318. The first-order chi connectivity index (χ1) is 6.24. The van der Waals surface area contributed by atoms with Gasteiger partial charge >= 0.3 is 0 Å². The molecule has 13 heavy (non-hydrogen) atoms. The van der Waals surface area contributed by atoms with E-state index in [0.29, 0.717) is 17.6 Å². The van der Waals surface area contributed by atoms with Gasteiger partial charge in [-0.25, -0.2) is 0 Å². The first-order valence-corrected chi connectivity index (χ1v) is 3.91. The zero-order valence-electron chi connectivity index (χ0n) is 7.32. The van der Waals surface area contributed by atoms with Gasteiger partial charge in [-0.2, -0.15) is 0 Å². The van der Waals surface area contributed by atoms with Crippen molar-refractivity contribution in [3.05, 3.63) is 29.8 Å². The molecule has 0 radical (unpaired) electrons. The average Bonchev–Trinajstić information content (AvgIpc) is 2.15. The summed E-state index contributed by atoms with van der Waals surface area (Å²) < 4.78 is 5.03. The third-order valence-electron chi connectivity index (χ3n) is 1.56. The number of ketones is 1. The molecule has 0 saturated heterocycles. The molecule has 3 nitrogen and oxygen atoms in total. The fourth-order valence-electron chi connectivity index (χ4n) is 0.935. The van der Waals surface area contributed by atoms with E-state index >= 15 is 0 Å². The highest BCUT2D eigenvalue weighted by Gasteiger charge is 2.00. The summed E-state index contributed by atoms with van der Waals surface area (Å²) in [6, 6.07) is 6.74. The van der Waals surface area contributed by atoms with Crippen LogP contribution in [0.4, 0.5) is 0 Å². The molecule has 0 saturated carbocycles. The standard InChI is InChI=1S/C10H10O3/c1-8(12)9-3-2-4-10(7-9)13-6-5-11/h2-5,7H,6H2,1H3. The molecule has 0 unspecified atom stereocenters. The van der Waals surface area contributed by atoms with Crippen molar-refractivity contribution in [3.8, 4) is 5.75 Å². The Balaban J connectivity index is 2.79. The Morgan fingerprint density at radius 1 is 1.54 bits per heavy atom. The van der Waals surface area contributed by atoms with Crippen LogP contribution in [-0.2, 0) is 4.79 Å². The van der Waals surface area contributed by atoms with Crippen molar-refractivity contribution in [2.45, 2.75) is 6.92 Å². The van der Waals surface area contributed by atoms with Gasteiger partial charge in [0.2, 0.25) is 0 Å². The molecule has 0 aliphatic rings. The van der Waals surface area contributed by atoms with Crippen LogP contribution in [-0.4, -0.2) is 18.7 Å². The van der Waals surface area contributed by atoms with Crippen molar-refractivity contribution >= 4 is 12.1 Å². The molecule has 0 bridgehead atoms. The molecule has 0 aliphatic heterocycles. The highest BCUT2D eigenvalue weighted by Crippen LogP contribution is 2.13. The van der Waals surface area contributed by atoms with Gasteiger partial charge in [0.15, 0.2) is 12.1 Å². The van der Waals surface area contributed by atoms with E-state index in [4.69, 9.17) is 4.74 Å². The van der Waals surface area contributed by atoms with Crippen LogP contribution >= 0.6 is 0 Å². The zero-order chi connectivity index (χ0) is 9.68. The summed E-state index contributed by atoms with van der Waals surface area (Å²) in [5.41, 5.74) is 0.586. The Hall–Kier alpha value is -1.64. The average molecular weight is 178 g/mol. The largest absolute Gasteiger partial charge is 0.486 e. The van der Waals surface area contributed by atoms with Gasteiger partial charge in [0.25, 0.3) is 0 Å². The van der Waals surface area contributed by atoms with E-state index in [1.165, 1.54) is 6.92 Å². The lowest BCUT2D eigenvalue weighted by Crippen LogP contribution is -1.99. The number of hydrogen-bond acceptors (Lipinski definition) is 3. The molecule has 0 fully saturated rings. The van der Waals surface area contributed by atoms with E-state index in [1.54, 1.807) is 24.3 Å². The summed E-state index contributed by atoms with van der Waals surface area (Å²) in [5, 5.41) is 0. The Morgan fingerprint density at radius 2 is 2.31 bits per heavy atom. The highest BCUT2D eigenvalue weighted by atomic mass is 16.5. The van der Waals surface area contributed by atoms with Crippen LogP contribution in [0.15, 0.2) is 24.3 Å². The molecule has 1 aromatic rings. The third-order valence-corrected chi connectivity index (χ3v) is 1.56. The maximum Gasteiger partial charge on any atom is 0.159 e. The van der Waals surface area contributed by atoms with E-state index in [1.807, 2.05) is 0 Å². The van der Waals surface area contributed by atoms with Crippen LogP contribution in [0.25, 0.3) is 0 Å². The second-order valence-corrected chi connectivity index (χ2v) is 2.56. The molecule has 1 rings (SSSR count). The maximum absolute atomic E-state index is 10.9. The number of Topliss-reactive ketones (excluding diaryl/α,β-unsaturated/α-hetero) is 1. The number of ether oxygens (including phenoxy) is 1. The maximum atomic E-state index is 10.9. The predicted octanol–water partition coefficient (Wildman–Crippen LogP) is 1.47. The smallest absolute Gasteiger partial charge is 0.159 e. The van der Waals surface area contributed by atoms with E-state index in [9.17, 15) is 9.59 Å². The monoisotopic (exact) mass is 178 g/mol. The topological polar surface area (TPSA) is 43.4 Å². The normalized spacial score (nSPS) is 9.31. The number of benzene rings is 1. The van der Waals surface area contributed by atoms with Crippen molar-refractivity contribution in [2.24, 2.45) is 0 Å². The molecule has 0 amide bonds. The Morgan fingerprint density at radius 3 is 2.92 bits per heavy atom. The van der Waals surface area contributed by atoms with Crippen LogP contribution in [0.1, 0.15) is 17.3 Å². The zero-order valence-corrected chi connectivity index (χ0v) is 7.32. The molecule has 68 valence electrons. The van der Waals surface area contributed by atoms with E-state index in [0.717, 1.165) is 0 Å². The molecular weight excluding hydrogens is 168 g/mol. The lowest BCUT2D eigenvalue weighted by molar-refractivity contribution is -0.109. The quantitative estimate of drug-likeness (QED) is 0.518. The minimum atomic E-state index is -0.0171. The van der Waals surface area contributed by atoms with Gasteiger partial charge in [0.05, 0.1) is 0 Å². The predicted molar refractivity (Wildman–Crippen MR) is 48.0 cm³/mol. The highest BCUT2D eigenvalue weighted by molar-refractivity contribution is 5.94. The molecular formula is C10H10O3. The van der Waals surface area contributed by atoms with Crippen LogP contribution in [0.3, 0.4) is 0 Å². The van der Waals surface area contributed by atoms with Crippen molar-refractivity contribution in [3.63, 3.8) is 0 Å². The van der Waals surface area contributed by atoms with Gasteiger partial charge in [-0.1, -0.05) is 12.1 Å². The van der Waals surface area contributed by atoms with Gasteiger partial charge in [-0.15, -0.1) is 0 Å². The number of rotatable bonds is 4. The van der Waals surface area contributed by atoms with Crippen molar-refractivity contribution in [2.75, 3.05) is 6.61 Å². The summed E-state index contributed by atoms with van der Waals surface area (Å²) in [6.07, 6.45) is 0.667. The molecule has 1 aromatic carbocycles. The second kappa shape index (κ2) is 4.40. The summed E-state index contributed by atoms with van der Waals surface area (Å²) in [6.45, 7) is 1.50. The fourth-order valence-corrected chi connectivity index (χ4v) is 0.935. The molecule has 0 spiro atoms. The first kappa shape index (κ1) is 9.45. The lowest BCUT2D eigenvalue weighted by Gasteiger charge is -2.02. The summed E-state index contributed by atoms with van der Waals surface area (Å²) in [5.74, 6) is 0.524. The third kappa shape index (κ3) is 2.71. The van der Waals surface area contributed by atoms with E-state index in [2.05, 4.69) is 0 Å². The van der Waals surface area contributed by atoms with Crippen LogP contribution < -0.4 is 4.74 Å². The van der Waals surface area contributed by atoms with Crippen molar-refractivity contribution < 1.29 is 14.3 Å². The number of carbonyl (C=O) groups excluding carboxylic acids is 2. The molecule has 0 heterocycles. The van der Waals surface area contributed by atoms with Gasteiger partial charge in [0, 0.05) is 5.56 Å². The second-order valence-electron chi connectivity index (χ2n) is 2.56. The van der Waals surface area contributed by atoms with Gasteiger partial charge in [-0.05, 0) is 19.1 Å². The number of hydrogen-bond donors (Lipinski definition) is 0. The lowest BCUT2D eigenvalue weighted by atomic mass is 10.1. The van der Waals surface area contributed by atoms with Gasteiger partial charge in [-0.3, -0.25) is 9.59 Å². The molecule has 3 heteroatoms. The summed E-state index contributed by atoms with van der Waals surface area (Å²) in [4.78, 5) is 21.0. The van der Waals surface area contributed by atoms with Crippen LogP contribution in [0.2, 0.25) is 0 Å². The minimum Gasteiger partial charge on any atom is -0.486 e. The van der Waals surface area contributed by atoms with E-state index < -0.39 is 0 Å². The number of carbonyl (C=O) groups is 2. The van der Waals surface area contributed by atoms with Gasteiger partial charge in [0.1, 0.15) is 12.4 Å². The van der Waals surface area contributed by atoms with Crippen LogP contribution in [0.5, 0.6) is 5.75 Å². The van der Waals surface area contributed by atoms with Gasteiger partial charge < -0.3 is 4.74 Å². The molecule has 0 N–H and O–H groups in total. The Labute approximate surface area is 76.3 Å². The molecule has 0 aromatic heterocycles. The first-order valence-electron chi connectivity index (χ1n) is 3.91. The summed E-state index contributed by atoms with van der Waals surface area (Å²) >= 11 is 0. The fraction of sp³-hybridized carbons (Fsp3) is 0.200. The summed E-state index contributed by atoms with van der Waals surface area (Å²) in [7, 11) is 0. The van der Waals surface area contributed by atoms with E-state index in [-0.39, 0.29) is 12.4 Å². The van der Waals surface area contributed by atoms with Crippen molar-refractivity contribution in [1.29, 1.82) is 0 Å². The molecule has 0 atom stereocenters. The Kier molecular flexibility index (Phi) is 3.20. The SMILES string of the molecule is CC(=O)c1cccc(OCC=O)c1.